The fourth-order valence-corrected chi connectivity index (χ4v) is 1.01. The molecule has 58 valence electrons. The van der Waals surface area contributed by atoms with Crippen LogP contribution < -0.4 is 0 Å². The van der Waals surface area contributed by atoms with Crippen LogP contribution in [0, 0.1) is 11.3 Å². The van der Waals surface area contributed by atoms with Crippen molar-refractivity contribution in [3.8, 4) is 0 Å². The van der Waals surface area contributed by atoms with Crippen molar-refractivity contribution in [2.45, 2.75) is 19.8 Å². The number of carboxylic acids is 1. The van der Waals surface area contributed by atoms with Crippen LogP contribution in [0.4, 0.5) is 8.78 Å². The van der Waals surface area contributed by atoms with Crippen LogP contribution in [0.5, 0.6) is 0 Å². The van der Waals surface area contributed by atoms with E-state index < -0.39 is 23.7 Å². The molecule has 0 bridgehead atoms. The Morgan fingerprint density at radius 1 is 1.80 bits per heavy atom. The molecule has 0 radical (unpaired) electrons. The normalized spacial score (nSPS) is 38.2. The molecule has 0 aromatic heterocycles. The highest BCUT2D eigenvalue weighted by Gasteiger charge is 2.60. The Hall–Kier alpha value is -0.670. The molecule has 1 fully saturated rings. The first-order chi connectivity index (χ1) is 4.48. The predicted octanol–water partition coefficient (Wildman–Crippen LogP) is 1.36. The maximum Gasteiger partial charge on any atom is 0.309 e. The van der Waals surface area contributed by atoms with Crippen molar-refractivity contribution in [3.63, 3.8) is 0 Å². The van der Waals surface area contributed by atoms with Crippen molar-refractivity contribution in [1.82, 2.24) is 0 Å². The van der Waals surface area contributed by atoms with E-state index in [4.69, 9.17) is 5.11 Å². The Labute approximate surface area is 56.8 Å². The van der Waals surface area contributed by atoms with Gasteiger partial charge in [0, 0.05) is 5.92 Å². The van der Waals surface area contributed by atoms with Crippen molar-refractivity contribution >= 4 is 5.97 Å². The number of carboxylic acid groups (broad SMARTS) is 1. The average molecular weight is 150 g/mol. The van der Waals surface area contributed by atoms with E-state index in [-0.39, 0.29) is 6.42 Å². The molecule has 1 N–H and O–H groups in total. The van der Waals surface area contributed by atoms with E-state index >= 15 is 0 Å². The number of halogens is 2. The molecule has 0 aromatic rings. The average Bonchev–Trinajstić information content (AvgIpc) is 2.43. The van der Waals surface area contributed by atoms with Crippen molar-refractivity contribution in [2.24, 2.45) is 11.3 Å². The van der Waals surface area contributed by atoms with Crippen molar-refractivity contribution in [1.29, 1.82) is 0 Å². The highest BCUT2D eigenvalue weighted by molar-refractivity contribution is 5.78. The zero-order valence-electron chi connectivity index (χ0n) is 5.47. The summed E-state index contributed by atoms with van der Waals surface area (Å²) >= 11 is 0. The van der Waals surface area contributed by atoms with E-state index in [2.05, 4.69) is 0 Å². The number of rotatable bonds is 2. The molecular formula is C6H8F2O2. The lowest BCUT2D eigenvalue weighted by molar-refractivity contribution is -0.144. The number of aliphatic carboxylic acids is 1. The van der Waals surface area contributed by atoms with Crippen molar-refractivity contribution in [3.05, 3.63) is 0 Å². The second-order valence-corrected chi connectivity index (χ2v) is 2.87. The Kier molecular flexibility index (Phi) is 1.42. The second-order valence-electron chi connectivity index (χ2n) is 2.87. The summed E-state index contributed by atoms with van der Waals surface area (Å²) in [6.45, 7) is 1.35. The van der Waals surface area contributed by atoms with Gasteiger partial charge >= 0.3 is 5.97 Å². The number of hydrogen-bond acceptors (Lipinski definition) is 1. The maximum atomic E-state index is 11.8. The predicted molar refractivity (Wildman–Crippen MR) is 29.9 cm³/mol. The van der Waals surface area contributed by atoms with Gasteiger partial charge in [-0.3, -0.25) is 4.79 Å². The summed E-state index contributed by atoms with van der Waals surface area (Å²) in [7, 11) is 0. The van der Waals surface area contributed by atoms with Gasteiger partial charge in [0.15, 0.2) is 0 Å². The fraction of sp³-hybridized carbons (Fsp3) is 0.833. The largest absolute Gasteiger partial charge is 0.481 e. The minimum atomic E-state index is -2.49. The molecule has 0 saturated heterocycles. The van der Waals surface area contributed by atoms with Gasteiger partial charge < -0.3 is 5.11 Å². The first-order valence-corrected chi connectivity index (χ1v) is 3.00. The molecule has 0 aliphatic heterocycles. The standard InChI is InChI=1S/C6H8F2O2/c1-6(5(9)10)2-3(6)4(7)8/h3-4H,2H2,1H3,(H,9,10)/t3-,6+/m0/s1. The maximum absolute atomic E-state index is 11.8. The zero-order valence-corrected chi connectivity index (χ0v) is 5.47. The first-order valence-electron chi connectivity index (χ1n) is 3.00. The zero-order chi connectivity index (χ0) is 7.94. The molecule has 0 aromatic carbocycles. The Morgan fingerprint density at radius 3 is 2.40 bits per heavy atom. The van der Waals surface area contributed by atoms with Gasteiger partial charge in [-0.15, -0.1) is 0 Å². The van der Waals surface area contributed by atoms with Gasteiger partial charge in [0.1, 0.15) is 0 Å². The van der Waals surface area contributed by atoms with E-state index in [0.717, 1.165) is 0 Å². The van der Waals surface area contributed by atoms with Crippen molar-refractivity contribution in [2.75, 3.05) is 0 Å². The molecule has 2 nitrogen and oxygen atoms in total. The minimum Gasteiger partial charge on any atom is -0.481 e. The van der Waals surface area contributed by atoms with Gasteiger partial charge in [0.2, 0.25) is 6.43 Å². The van der Waals surface area contributed by atoms with E-state index in [1.807, 2.05) is 0 Å². The summed E-state index contributed by atoms with van der Waals surface area (Å²) < 4.78 is 23.6. The van der Waals surface area contributed by atoms with E-state index in [1.165, 1.54) is 6.92 Å². The lowest BCUT2D eigenvalue weighted by atomic mass is 10.1. The van der Waals surface area contributed by atoms with Crippen LogP contribution in [-0.2, 0) is 4.79 Å². The summed E-state index contributed by atoms with van der Waals surface area (Å²) in [6.07, 6.45) is -2.37. The number of alkyl halides is 2. The molecular weight excluding hydrogens is 142 g/mol. The van der Waals surface area contributed by atoms with Gasteiger partial charge in [-0.2, -0.15) is 0 Å². The first kappa shape index (κ1) is 7.44. The molecule has 0 amide bonds. The number of hydrogen-bond donors (Lipinski definition) is 1. The monoisotopic (exact) mass is 150 g/mol. The van der Waals surface area contributed by atoms with E-state index in [1.54, 1.807) is 0 Å². The van der Waals surface area contributed by atoms with E-state index in [9.17, 15) is 13.6 Å². The topological polar surface area (TPSA) is 37.3 Å². The van der Waals surface area contributed by atoms with Crippen LogP contribution in [0.15, 0.2) is 0 Å². The SMILES string of the molecule is C[C@@]1(C(=O)O)C[C@H]1C(F)F. The summed E-state index contributed by atoms with van der Waals surface area (Å²) in [5.74, 6) is -2.04. The summed E-state index contributed by atoms with van der Waals surface area (Å²) in [5.41, 5.74) is -1.14. The van der Waals surface area contributed by atoms with Crippen LogP contribution in [0.3, 0.4) is 0 Å². The van der Waals surface area contributed by atoms with Crippen LogP contribution in [0.2, 0.25) is 0 Å². The third-order valence-corrected chi connectivity index (χ3v) is 2.09. The number of carbonyl (C=O) groups is 1. The van der Waals surface area contributed by atoms with Gasteiger partial charge in [-0.25, -0.2) is 8.78 Å². The molecule has 1 saturated carbocycles. The molecule has 1 aliphatic carbocycles. The van der Waals surface area contributed by atoms with Crippen molar-refractivity contribution < 1.29 is 18.7 Å². The smallest absolute Gasteiger partial charge is 0.309 e. The molecule has 1 aliphatic rings. The molecule has 10 heavy (non-hydrogen) atoms. The lowest BCUT2D eigenvalue weighted by Crippen LogP contribution is -2.15. The molecule has 1 rings (SSSR count). The van der Waals surface area contributed by atoms with Crippen LogP contribution in [0.1, 0.15) is 13.3 Å². The Morgan fingerprint density at radius 2 is 2.30 bits per heavy atom. The van der Waals surface area contributed by atoms with E-state index in [0.29, 0.717) is 0 Å². The minimum absolute atomic E-state index is 0.111. The second kappa shape index (κ2) is 1.90. The fourth-order valence-electron chi connectivity index (χ4n) is 1.01. The molecule has 0 unspecified atom stereocenters. The highest BCUT2D eigenvalue weighted by atomic mass is 19.3. The van der Waals surface area contributed by atoms with Gasteiger partial charge in [0.25, 0.3) is 0 Å². The van der Waals surface area contributed by atoms with Crippen LogP contribution in [-0.4, -0.2) is 17.5 Å². The Bertz CT molecular complexity index is 169. The Balaban J connectivity index is 2.56. The summed E-state index contributed by atoms with van der Waals surface area (Å²) in [6, 6.07) is 0. The molecule has 0 spiro atoms. The molecule has 2 atom stereocenters. The quantitative estimate of drug-likeness (QED) is 0.645. The van der Waals surface area contributed by atoms with Crippen LogP contribution in [0.25, 0.3) is 0 Å². The van der Waals surface area contributed by atoms with Gasteiger partial charge in [-0.1, -0.05) is 0 Å². The van der Waals surface area contributed by atoms with Gasteiger partial charge in [0.05, 0.1) is 5.41 Å². The third kappa shape index (κ3) is 0.874. The third-order valence-electron chi connectivity index (χ3n) is 2.09. The molecule has 4 heteroatoms. The summed E-state index contributed by atoms with van der Waals surface area (Å²) in [5, 5.41) is 8.40. The molecule has 0 heterocycles. The van der Waals surface area contributed by atoms with Gasteiger partial charge in [-0.05, 0) is 13.3 Å². The summed E-state index contributed by atoms with van der Waals surface area (Å²) in [4.78, 5) is 10.3. The van der Waals surface area contributed by atoms with Crippen LogP contribution >= 0.6 is 0 Å². The lowest BCUT2D eigenvalue weighted by Gasteiger charge is -2.02. The highest BCUT2D eigenvalue weighted by Crippen LogP contribution is 2.55.